The molecule has 15 heavy (non-hydrogen) atoms. The molecule has 0 saturated heterocycles. The van der Waals surface area contributed by atoms with Crippen molar-refractivity contribution in [2.24, 2.45) is 5.92 Å². The van der Waals surface area contributed by atoms with Gasteiger partial charge in [0.25, 0.3) is 5.91 Å². The van der Waals surface area contributed by atoms with E-state index in [1.807, 2.05) is 13.8 Å². The maximum absolute atomic E-state index is 11.7. The van der Waals surface area contributed by atoms with E-state index in [9.17, 15) is 4.79 Å². The Kier molecular flexibility index (Phi) is 4.27. The quantitative estimate of drug-likeness (QED) is 0.857. The van der Waals surface area contributed by atoms with Crippen molar-refractivity contribution < 1.29 is 4.79 Å². The van der Waals surface area contributed by atoms with Crippen LogP contribution in [0.2, 0.25) is 0 Å². The van der Waals surface area contributed by atoms with Crippen LogP contribution in [0.25, 0.3) is 0 Å². The monoisotopic (exact) mass is 226 g/mol. The first-order valence-corrected chi connectivity index (χ1v) is 6.04. The number of hydrogen-bond acceptors (Lipinski definition) is 3. The van der Waals surface area contributed by atoms with Crippen LogP contribution in [0, 0.1) is 19.8 Å². The molecule has 1 aromatic rings. The fraction of sp³-hybridized carbons (Fsp3) is 0.636. The third-order valence-electron chi connectivity index (χ3n) is 2.13. The molecule has 4 heteroatoms. The Balaban J connectivity index is 2.50. The fourth-order valence-corrected chi connectivity index (χ4v) is 2.11. The second-order valence-corrected chi connectivity index (χ2v) is 5.48. The lowest BCUT2D eigenvalue weighted by atomic mass is 10.1. The molecular weight excluding hydrogens is 208 g/mol. The fourth-order valence-electron chi connectivity index (χ4n) is 1.30. The summed E-state index contributed by atoms with van der Waals surface area (Å²) < 4.78 is 0. The van der Waals surface area contributed by atoms with Gasteiger partial charge in [-0.15, -0.1) is 11.3 Å². The number of carbonyl (C=O) groups is 1. The van der Waals surface area contributed by atoms with Crippen molar-refractivity contribution in [3.8, 4) is 0 Å². The summed E-state index contributed by atoms with van der Waals surface area (Å²) in [6, 6.07) is 0. The highest BCUT2D eigenvalue weighted by molar-refractivity contribution is 7.11. The van der Waals surface area contributed by atoms with Gasteiger partial charge in [0, 0.05) is 11.4 Å². The Hall–Kier alpha value is -0.900. The van der Waals surface area contributed by atoms with E-state index in [4.69, 9.17) is 0 Å². The molecule has 0 atom stereocenters. The summed E-state index contributed by atoms with van der Waals surface area (Å²) in [4.78, 5) is 16.9. The van der Waals surface area contributed by atoms with Crippen molar-refractivity contribution in [2.45, 2.75) is 34.1 Å². The van der Waals surface area contributed by atoms with Crippen LogP contribution in [0.5, 0.6) is 0 Å². The second-order valence-electron chi connectivity index (χ2n) is 4.08. The van der Waals surface area contributed by atoms with Crippen LogP contribution in [0.4, 0.5) is 0 Å². The highest BCUT2D eigenvalue weighted by Gasteiger charge is 2.12. The van der Waals surface area contributed by atoms with Gasteiger partial charge < -0.3 is 5.32 Å². The van der Waals surface area contributed by atoms with Crippen molar-refractivity contribution in [3.63, 3.8) is 0 Å². The predicted molar refractivity (Wildman–Crippen MR) is 63.4 cm³/mol. The number of amides is 1. The second kappa shape index (κ2) is 5.26. The van der Waals surface area contributed by atoms with Crippen molar-refractivity contribution in [1.82, 2.24) is 10.3 Å². The van der Waals surface area contributed by atoms with Gasteiger partial charge in [0.05, 0.1) is 5.01 Å². The van der Waals surface area contributed by atoms with Crippen LogP contribution in [-0.4, -0.2) is 17.4 Å². The van der Waals surface area contributed by atoms with Crippen molar-refractivity contribution in [3.05, 3.63) is 15.6 Å². The molecule has 84 valence electrons. The molecule has 0 aliphatic heterocycles. The molecule has 1 amide bonds. The third kappa shape index (κ3) is 3.63. The van der Waals surface area contributed by atoms with Crippen molar-refractivity contribution in [2.75, 3.05) is 6.54 Å². The standard InChI is InChI=1S/C11H18N2OS/c1-7(2)5-6-12-11(14)10-8(3)15-9(4)13-10/h7H,5-6H2,1-4H3,(H,12,14). The van der Waals surface area contributed by atoms with Gasteiger partial charge in [-0.25, -0.2) is 4.98 Å². The summed E-state index contributed by atoms with van der Waals surface area (Å²) in [6.45, 7) is 8.87. The molecule has 0 aliphatic carbocycles. The molecule has 0 aliphatic rings. The minimum absolute atomic E-state index is 0.0440. The largest absolute Gasteiger partial charge is 0.351 e. The molecule has 1 aromatic heterocycles. The number of nitrogens with zero attached hydrogens (tertiary/aromatic N) is 1. The summed E-state index contributed by atoms with van der Waals surface area (Å²) >= 11 is 1.57. The number of rotatable bonds is 4. The van der Waals surface area contributed by atoms with E-state index in [-0.39, 0.29) is 5.91 Å². The smallest absolute Gasteiger partial charge is 0.271 e. The summed E-state index contributed by atoms with van der Waals surface area (Å²) in [5.74, 6) is 0.570. The molecule has 0 spiro atoms. The van der Waals surface area contributed by atoms with Gasteiger partial charge in [-0.1, -0.05) is 13.8 Å². The molecule has 1 rings (SSSR count). The maximum atomic E-state index is 11.7. The third-order valence-corrected chi connectivity index (χ3v) is 3.01. The predicted octanol–water partition coefficient (Wildman–Crippen LogP) is 2.54. The Morgan fingerprint density at radius 3 is 2.60 bits per heavy atom. The van der Waals surface area contributed by atoms with Crippen LogP contribution in [0.15, 0.2) is 0 Å². The van der Waals surface area contributed by atoms with Crippen LogP contribution in [0.1, 0.15) is 40.6 Å². The van der Waals surface area contributed by atoms with Crippen molar-refractivity contribution in [1.29, 1.82) is 0 Å². The number of aryl methyl sites for hydroxylation is 2. The Labute approximate surface area is 94.9 Å². The molecule has 1 heterocycles. The molecule has 0 radical (unpaired) electrons. The lowest BCUT2D eigenvalue weighted by molar-refractivity contribution is 0.0947. The van der Waals surface area contributed by atoms with Gasteiger partial charge in [-0.3, -0.25) is 4.79 Å². The summed E-state index contributed by atoms with van der Waals surface area (Å²) in [7, 11) is 0. The topological polar surface area (TPSA) is 42.0 Å². The first-order valence-electron chi connectivity index (χ1n) is 5.23. The number of carbonyl (C=O) groups excluding carboxylic acids is 1. The average molecular weight is 226 g/mol. The van der Waals surface area contributed by atoms with Gasteiger partial charge in [0.15, 0.2) is 0 Å². The first kappa shape index (κ1) is 12.2. The zero-order chi connectivity index (χ0) is 11.4. The highest BCUT2D eigenvalue weighted by atomic mass is 32.1. The van der Waals surface area contributed by atoms with Crippen LogP contribution < -0.4 is 5.32 Å². The minimum Gasteiger partial charge on any atom is -0.351 e. The lowest BCUT2D eigenvalue weighted by Crippen LogP contribution is -2.26. The molecule has 0 aromatic carbocycles. The maximum Gasteiger partial charge on any atom is 0.271 e. The SMILES string of the molecule is Cc1nc(C(=O)NCCC(C)C)c(C)s1. The van der Waals surface area contributed by atoms with Gasteiger partial charge in [0.2, 0.25) is 0 Å². The summed E-state index contributed by atoms with van der Waals surface area (Å²) in [6.07, 6.45) is 1.01. The van der Waals surface area contributed by atoms with E-state index < -0.39 is 0 Å². The molecule has 0 saturated carbocycles. The van der Waals surface area contributed by atoms with Crippen LogP contribution in [0.3, 0.4) is 0 Å². The number of aromatic nitrogens is 1. The summed E-state index contributed by atoms with van der Waals surface area (Å²) in [5.41, 5.74) is 0.584. The molecule has 0 fully saturated rings. The van der Waals surface area contributed by atoms with E-state index >= 15 is 0 Å². The molecular formula is C11H18N2OS. The molecule has 0 bridgehead atoms. The Bertz CT molecular complexity index is 344. The lowest BCUT2D eigenvalue weighted by Gasteiger charge is -2.05. The molecule has 1 N–H and O–H groups in total. The highest BCUT2D eigenvalue weighted by Crippen LogP contribution is 2.16. The number of nitrogens with one attached hydrogen (secondary N) is 1. The zero-order valence-electron chi connectivity index (χ0n) is 9.76. The van der Waals surface area contributed by atoms with Gasteiger partial charge >= 0.3 is 0 Å². The van der Waals surface area contributed by atoms with E-state index in [1.54, 1.807) is 11.3 Å². The number of thiazole rings is 1. The van der Waals surface area contributed by atoms with Crippen molar-refractivity contribution >= 4 is 17.2 Å². The van der Waals surface area contributed by atoms with E-state index in [1.165, 1.54) is 0 Å². The van der Waals surface area contributed by atoms with Crippen LogP contribution in [-0.2, 0) is 0 Å². The first-order chi connectivity index (χ1) is 7.00. The normalized spacial score (nSPS) is 10.7. The van der Waals surface area contributed by atoms with Crippen LogP contribution >= 0.6 is 11.3 Å². The summed E-state index contributed by atoms with van der Waals surface area (Å²) in [5, 5.41) is 3.84. The molecule has 0 unspecified atom stereocenters. The van der Waals surface area contributed by atoms with E-state index in [2.05, 4.69) is 24.1 Å². The van der Waals surface area contributed by atoms with Gasteiger partial charge in [0.1, 0.15) is 5.69 Å². The Morgan fingerprint density at radius 1 is 1.47 bits per heavy atom. The van der Waals surface area contributed by atoms with E-state index in [0.717, 1.165) is 22.9 Å². The molecule has 3 nitrogen and oxygen atoms in total. The average Bonchev–Trinajstić information content (AvgIpc) is 2.44. The zero-order valence-corrected chi connectivity index (χ0v) is 10.6. The van der Waals surface area contributed by atoms with Gasteiger partial charge in [-0.2, -0.15) is 0 Å². The minimum atomic E-state index is -0.0440. The number of hydrogen-bond donors (Lipinski definition) is 1. The van der Waals surface area contributed by atoms with Gasteiger partial charge in [-0.05, 0) is 26.2 Å². The van der Waals surface area contributed by atoms with E-state index in [0.29, 0.717) is 11.6 Å². The Morgan fingerprint density at radius 2 is 2.13 bits per heavy atom.